The van der Waals surface area contributed by atoms with Crippen LogP contribution in [-0.2, 0) is 19.1 Å². The molecule has 0 aromatic rings. The van der Waals surface area contributed by atoms with Crippen LogP contribution < -0.4 is 0 Å². The van der Waals surface area contributed by atoms with Gasteiger partial charge < -0.3 is 24.8 Å². The molecule has 0 heterocycles. The van der Waals surface area contributed by atoms with Gasteiger partial charge in [-0.2, -0.15) is 0 Å². The number of aliphatic hydroxyl groups is 3. The Hall–Kier alpha value is -1.18. The van der Waals surface area contributed by atoms with Crippen LogP contribution in [0.4, 0.5) is 0 Å². The third-order valence-corrected chi connectivity index (χ3v) is 5.25. The third kappa shape index (κ3) is 13.6. The molecule has 0 spiro atoms. The van der Waals surface area contributed by atoms with Crippen LogP contribution >= 0.6 is 0 Å². The molecule has 0 amide bonds. The Balaban J connectivity index is 4.37. The average Bonchev–Trinajstić information content (AvgIpc) is 2.69. The van der Waals surface area contributed by atoms with Crippen molar-refractivity contribution >= 4 is 11.9 Å². The Morgan fingerprint density at radius 1 is 0.793 bits per heavy atom. The van der Waals surface area contributed by atoms with Crippen molar-refractivity contribution in [2.75, 3.05) is 19.8 Å². The summed E-state index contributed by atoms with van der Waals surface area (Å²) in [5.41, 5.74) is -0.883. The number of esters is 2. The molecule has 0 fully saturated rings. The fourth-order valence-electron chi connectivity index (χ4n) is 2.88. The number of carbonyl (C=O) groups is 2. The average molecular weight is 419 g/mol. The molecule has 0 aliphatic rings. The standard InChI is InChI=1S/C22H42O7/c1-4-7-9-11-18(24)13-20(26)28-16-22(6-3,15-23)17-29-21(27)14-19(25)12-10-8-5-2/h18-19,23-25H,4-17H2,1-3H3. The van der Waals surface area contributed by atoms with E-state index in [4.69, 9.17) is 9.47 Å². The molecule has 0 radical (unpaired) electrons. The van der Waals surface area contributed by atoms with Gasteiger partial charge in [0.05, 0.1) is 37.1 Å². The molecular formula is C22H42O7. The highest BCUT2D eigenvalue weighted by atomic mass is 16.5. The summed E-state index contributed by atoms with van der Waals surface area (Å²) in [6.07, 6.45) is 5.75. The van der Waals surface area contributed by atoms with E-state index in [2.05, 4.69) is 13.8 Å². The fraction of sp³-hybridized carbons (Fsp3) is 0.909. The van der Waals surface area contributed by atoms with Gasteiger partial charge in [0.25, 0.3) is 0 Å². The first-order valence-corrected chi connectivity index (χ1v) is 11.1. The van der Waals surface area contributed by atoms with E-state index in [-0.39, 0.29) is 32.7 Å². The van der Waals surface area contributed by atoms with Gasteiger partial charge in [0, 0.05) is 0 Å². The molecule has 0 aliphatic carbocycles. The number of aliphatic hydroxyl groups excluding tert-OH is 3. The number of hydrogen-bond acceptors (Lipinski definition) is 7. The van der Waals surface area contributed by atoms with Gasteiger partial charge in [0.1, 0.15) is 13.2 Å². The second-order valence-corrected chi connectivity index (χ2v) is 8.04. The van der Waals surface area contributed by atoms with E-state index in [0.717, 1.165) is 38.5 Å². The zero-order chi connectivity index (χ0) is 22.1. The predicted octanol–water partition coefficient (Wildman–Crippen LogP) is 3.12. The smallest absolute Gasteiger partial charge is 0.308 e. The summed E-state index contributed by atoms with van der Waals surface area (Å²) in [5.74, 6) is -1.06. The van der Waals surface area contributed by atoms with E-state index in [9.17, 15) is 24.9 Å². The highest BCUT2D eigenvalue weighted by Crippen LogP contribution is 2.23. The van der Waals surface area contributed by atoms with Crippen molar-refractivity contribution in [3.63, 3.8) is 0 Å². The second kappa shape index (κ2) is 16.6. The Kier molecular flexibility index (Phi) is 15.9. The Bertz CT molecular complexity index is 399. The van der Waals surface area contributed by atoms with Crippen LogP contribution in [0.15, 0.2) is 0 Å². The van der Waals surface area contributed by atoms with E-state index >= 15 is 0 Å². The SMILES string of the molecule is CCCCCC(O)CC(=O)OCC(CC)(CO)COC(=O)CC(O)CCCCC. The van der Waals surface area contributed by atoms with Crippen LogP contribution in [-0.4, -0.2) is 59.3 Å². The van der Waals surface area contributed by atoms with Crippen molar-refractivity contribution in [1.29, 1.82) is 0 Å². The van der Waals surface area contributed by atoms with E-state index in [1.165, 1.54) is 0 Å². The highest BCUT2D eigenvalue weighted by molar-refractivity contribution is 5.70. The molecular weight excluding hydrogens is 376 g/mol. The largest absolute Gasteiger partial charge is 0.465 e. The lowest BCUT2D eigenvalue weighted by Gasteiger charge is -2.29. The molecule has 0 aromatic heterocycles. The Morgan fingerprint density at radius 3 is 1.52 bits per heavy atom. The Labute approximate surface area is 175 Å². The number of carbonyl (C=O) groups excluding carboxylic acids is 2. The normalized spacial score (nSPS) is 15.4. The number of rotatable bonds is 18. The molecule has 7 heteroatoms. The lowest BCUT2D eigenvalue weighted by Crippen LogP contribution is -2.38. The van der Waals surface area contributed by atoms with Crippen LogP contribution in [0, 0.1) is 5.41 Å². The summed E-state index contributed by atoms with van der Waals surface area (Å²) < 4.78 is 10.5. The molecule has 0 saturated carbocycles. The fourth-order valence-corrected chi connectivity index (χ4v) is 2.88. The lowest BCUT2D eigenvalue weighted by atomic mass is 9.88. The van der Waals surface area contributed by atoms with E-state index in [1.54, 1.807) is 0 Å². The minimum absolute atomic E-state index is 0.0846. The zero-order valence-electron chi connectivity index (χ0n) is 18.5. The third-order valence-electron chi connectivity index (χ3n) is 5.25. The minimum atomic E-state index is -0.883. The van der Waals surface area contributed by atoms with Crippen molar-refractivity contribution in [3.8, 4) is 0 Å². The molecule has 0 rings (SSSR count). The monoisotopic (exact) mass is 418 g/mol. The summed E-state index contributed by atoms with van der Waals surface area (Å²) >= 11 is 0. The topological polar surface area (TPSA) is 113 Å². The van der Waals surface area contributed by atoms with Crippen molar-refractivity contribution in [3.05, 3.63) is 0 Å². The summed E-state index contributed by atoms with van der Waals surface area (Å²) in [6, 6.07) is 0. The van der Waals surface area contributed by atoms with Crippen molar-refractivity contribution in [1.82, 2.24) is 0 Å². The summed E-state index contributed by atoms with van der Waals surface area (Å²) in [6.45, 7) is 5.47. The molecule has 7 nitrogen and oxygen atoms in total. The van der Waals surface area contributed by atoms with Crippen molar-refractivity contribution in [2.24, 2.45) is 5.41 Å². The second-order valence-electron chi connectivity index (χ2n) is 8.04. The first-order valence-electron chi connectivity index (χ1n) is 11.1. The van der Waals surface area contributed by atoms with E-state index in [1.807, 2.05) is 6.92 Å². The summed E-state index contributed by atoms with van der Waals surface area (Å²) in [4.78, 5) is 23.9. The lowest BCUT2D eigenvalue weighted by molar-refractivity contribution is -0.158. The predicted molar refractivity (Wildman–Crippen MR) is 111 cm³/mol. The van der Waals surface area contributed by atoms with Gasteiger partial charge in [-0.15, -0.1) is 0 Å². The maximum absolute atomic E-state index is 12.0. The molecule has 0 aromatic carbocycles. The highest BCUT2D eigenvalue weighted by Gasteiger charge is 2.32. The van der Waals surface area contributed by atoms with Crippen LogP contribution in [0.3, 0.4) is 0 Å². The maximum Gasteiger partial charge on any atom is 0.308 e. The van der Waals surface area contributed by atoms with Crippen LogP contribution in [0.2, 0.25) is 0 Å². The number of hydrogen-bond donors (Lipinski definition) is 3. The Morgan fingerprint density at radius 2 is 1.21 bits per heavy atom. The van der Waals surface area contributed by atoms with Gasteiger partial charge in [-0.05, 0) is 19.3 Å². The first kappa shape index (κ1) is 27.8. The maximum atomic E-state index is 12.0. The van der Waals surface area contributed by atoms with Crippen LogP contribution in [0.5, 0.6) is 0 Å². The molecule has 172 valence electrons. The van der Waals surface area contributed by atoms with Gasteiger partial charge in [-0.3, -0.25) is 9.59 Å². The minimum Gasteiger partial charge on any atom is -0.465 e. The molecule has 2 atom stereocenters. The van der Waals surface area contributed by atoms with E-state index in [0.29, 0.717) is 19.3 Å². The molecule has 0 saturated heterocycles. The molecule has 0 aliphatic heterocycles. The van der Waals surface area contributed by atoms with Gasteiger partial charge in [0.2, 0.25) is 0 Å². The molecule has 0 bridgehead atoms. The molecule has 3 N–H and O–H groups in total. The summed E-state index contributed by atoms with van der Waals surface area (Å²) in [7, 11) is 0. The van der Waals surface area contributed by atoms with Crippen LogP contribution in [0.25, 0.3) is 0 Å². The van der Waals surface area contributed by atoms with E-state index < -0.39 is 29.6 Å². The summed E-state index contributed by atoms with van der Waals surface area (Å²) in [5, 5.41) is 29.5. The van der Waals surface area contributed by atoms with Crippen molar-refractivity contribution < 1.29 is 34.4 Å². The first-order chi connectivity index (χ1) is 13.8. The van der Waals surface area contributed by atoms with Crippen molar-refractivity contribution in [2.45, 2.75) is 104 Å². The van der Waals surface area contributed by atoms with Gasteiger partial charge in [-0.1, -0.05) is 59.3 Å². The zero-order valence-corrected chi connectivity index (χ0v) is 18.5. The van der Waals surface area contributed by atoms with Crippen LogP contribution in [0.1, 0.15) is 91.4 Å². The number of ether oxygens (including phenoxy) is 2. The van der Waals surface area contributed by atoms with Gasteiger partial charge in [-0.25, -0.2) is 0 Å². The van der Waals surface area contributed by atoms with Gasteiger partial charge in [0.15, 0.2) is 0 Å². The molecule has 29 heavy (non-hydrogen) atoms. The molecule has 2 unspecified atom stereocenters. The van der Waals surface area contributed by atoms with Gasteiger partial charge >= 0.3 is 11.9 Å². The quantitative estimate of drug-likeness (QED) is 0.231. The number of unbranched alkanes of at least 4 members (excludes halogenated alkanes) is 4.